The predicted octanol–water partition coefficient (Wildman–Crippen LogP) is -0.0648. The van der Waals surface area contributed by atoms with Crippen LogP contribution in [0, 0.1) is 5.92 Å². The van der Waals surface area contributed by atoms with Gasteiger partial charge in [0.15, 0.2) is 0 Å². The van der Waals surface area contributed by atoms with E-state index in [4.69, 9.17) is 0 Å². The normalized spacial score (nSPS) is 19.4. The average Bonchev–Trinajstić information content (AvgIpc) is 2.35. The van der Waals surface area contributed by atoms with Crippen molar-refractivity contribution in [1.29, 1.82) is 0 Å². The number of amides is 1. The SMILES string of the molecule is CCS(=O)(=O)N1CCC(C(=O)NCC(C)(C)O)CC1. The Kier molecular flexibility index (Phi) is 5.34. The van der Waals surface area contributed by atoms with Gasteiger partial charge in [0, 0.05) is 25.6 Å². The summed E-state index contributed by atoms with van der Waals surface area (Å²) in [4.78, 5) is 11.9. The summed E-state index contributed by atoms with van der Waals surface area (Å²) in [5.41, 5.74) is -0.929. The molecule has 112 valence electrons. The fraction of sp³-hybridized carbons (Fsp3) is 0.917. The molecule has 0 aromatic heterocycles. The van der Waals surface area contributed by atoms with Gasteiger partial charge in [-0.2, -0.15) is 0 Å². The first kappa shape index (κ1) is 16.4. The topological polar surface area (TPSA) is 86.7 Å². The molecule has 1 aliphatic heterocycles. The Balaban J connectivity index is 2.44. The first-order valence-corrected chi connectivity index (χ1v) is 8.24. The van der Waals surface area contributed by atoms with Crippen LogP contribution in [0.1, 0.15) is 33.6 Å². The van der Waals surface area contributed by atoms with Crippen LogP contribution in [0.15, 0.2) is 0 Å². The lowest BCUT2D eigenvalue weighted by molar-refractivity contribution is -0.127. The van der Waals surface area contributed by atoms with Gasteiger partial charge in [-0.3, -0.25) is 4.79 Å². The molecule has 1 rings (SSSR count). The quantitative estimate of drug-likeness (QED) is 0.743. The second kappa shape index (κ2) is 6.19. The summed E-state index contributed by atoms with van der Waals surface area (Å²) in [5, 5.41) is 12.2. The van der Waals surface area contributed by atoms with E-state index >= 15 is 0 Å². The lowest BCUT2D eigenvalue weighted by Gasteiger charge is -2.30. The third-order valence-corrected chi connectivity index (χ3v) is 5.16. The summed E-state index contributed by atoms with van der Waals surface area (Å²) in [6.45, 7) is 5.89. The first-order chi connectivity index (χ1) is 8.65. The van der Waals surface area contributed by atoms with Gasteiger partial charge in [-0.15, -0.1) is 0 Å². The van der Waals surface area contributed by atoms with E-state index in [2.05, 4.69) is 5.32 Å². The minimum Gasteiger partial charge on any atom is -0.389 e. The van der Waals surface area contributed by atoms with Crippen LogP contribution >= 0.6 is 0 Å². The standard InChI is InChI=1S/C12H24N2O4S/c1-4-19(17,18)14-7-5-10(6-8-14)11(15)13-9-12(2,3)16/h10,16H,4-9H2,1-3H3,(H,13,15). The fourth-order valence-corrected chi connectivity index (χ4v) is 3.16. The Labute approximate surface area is 115 Å². The molecular weight excluding hydrogens is 268 g/mol. The van der Waals surface area contributed by atoms with Gasteiger partial charge in [0.1, 0.15) is 0 Å². The molecule has 2 N–H and O–H groups in total. The Hall–Kier alpha value is -0.660. The highest BCUT2D eigenvalue weighted by atomic mass is 32.2. The molecular formula is C12H24N2O4S. The number of piperidine rings is 1. The van der Waals surface area contributed by atoms with Crippen molar-refractivity contribution >= 4 is 15.9 Å². The molecule has 1 saturated heterocycles. The summed E-state index contributed by atoms with van der Waals surface area (Å²) >= 11 is 0. The summed E-state index contributed by atoms with van der Waals surface area (Å²) in [6.07, 6.45) is 1.08. The molecule has 0 aromatic rings. The van der Waals surface area contributed by atoms with Gasteiger partial charge < -0.3 is 10.4 Å². The van der Waals surface area contributed by atoms with E-state index in [0.717, 1.165) is 0 Å². The number of aliphatic hydroxyl groups is 1. The number of hydrogen-bond donors (Lipinski definition) is 2. The molecule has 0 saturated carbocycles. The third-order valence-electron chi connectivity index (χ3n) is 3.28. The lowest BCUT2D eigenvalue weighted by atomic mass is 9.97. The van der Waals surface area contributed by atoms with E-state index < -0.39 is 15.6 Å². The Morgan fingerprint density at radius 2 is 1.89 bits per heavy atom. The van der Waals surface area contributed by atoms with Crippen molar-refractivity contribution in [1.82, 2.24) is 9.62 Å². The van der Waals surface area contributed by atoms with Crippen molar-refractivity contribution in [2.75, 3.05) is 25.4 Å². The molecule has 0 aliphatic carbocycles. The van der Waals surface area contributed by atoms with Crippen molar-refractivity contribution < 1.29 is 18.3 Å². The highest BCUT2D eigenvalue weighted by molar-refractivity contribution is 7.89. The zero-order chi connectivity index (χ0) is 14.7. The van der Waals surface area contributed by atoms with Crippen LogP contribution in [0.25, 0.3) is 0 Å². The molecule has 1 fully saturated rings. The van der Waals surface area contributed by atoms with Crippen molar-refractivity contribution in [2.24, 2.45) is 5.92 Å². The number of hydrogen-bond acceptors (Lipinski definition) is 4. The second-order valence-corrected chi connectivity index (χ2v) is 7.86. The number of sulfonamides is 1. The minimum absolute atomic E-state index is 0.0998. The van der Waals surface area contributed by atoms with Crippen molar-refractivity contribution in [3.05, 3.63) is 0 Å². The minimum atomic E-state index is -3.14. The molecule has 0 spiro atoms. The molecule has 0 aromatic carbocycles. The maximum atomic E-state index is 11.9. The molecule has 1 aliphatic rings. The molecule has 0 unspecified atom stereocenters. The molecule has 1 heterocycles. The van der Waals surface area contributed by atoms with Crippen LogP contribution in [-0.2, 0) is 14.8 Å². The van der Waals surface area contributed by atoms with E-state index in [1.54, 1.807) is 20.8 Å². The fourth-order valence-electron chi connectivity index (χ4n) is 2.03. The average molecular weight is 292 g/mol. The predicted molar refractivity (Wildman–Crippen MR) is 73.1 cm³/mol. The van der Waals surface area contributed by atoms with E-state index in [1.807, 2.05) is 0 Å². The van der Waals surface area contributed by atoms with Gasteiger partial charge in [0.05, 0.1) is 11.4 Å². The summed E-state index contributed by atoms with van der Waals surface area (Å²) in [7, 11) is -3.14. The van der Waals surface area contributed by atoms with Crippen LogP contribution in [0.2, 0.25) is 0 Å². The second-order valence-electron chi connectivity index (χ2n) is 5.60. The van der Waals surface area contributed by atoms with Gasteiger partial charge >= 0.3 is 0 Å². The number of nitrogens with one attached hydrogen (secondary N) is 1. The number of rotatable bonds is 5. The lowest BCUT2D eigenvalue weighted by Crippen LogP contribution is -2.46. The molecule has 0 radical (unpaired) electrons. The Morgan fingerprint density at radius 3 is 2.32 bits per heavy atom. The van der Waals surface area contributed by atoms with Crippen LogP contribution in [0.3, 0.4) is 0 Å². The van der Waals surface area contributed by atoms with Crippen LogP contribution in [-0.4, -0.2) is 54.7 Å². The van der Waals surface area contributed by atoms with Gasteiger partial charge in [-0.1, -0.05) is 0 Å². The Morgan fingerprint density at radius 1 is 1.37 bits per heavy atom. The van der Waals surface area contributed by atoms with E-state index in [-0.39, 0.29) is 24.1 Å². The van der Waals surface area contributed by atoms with Crippen molar-refractivity contribution in [3.8, 4) is 0 Å². The summed E-state index contributed by atoms with van der Waals surface area (Å²) < 4.78 is 24.8. The zero-order valence-electron chi connectivity index (χ0n) is 11.8. The highest BCUT2D eigenvalue weighted by Crippen LogP contribution is 2.20. The molecule has 19 heavy (non-hydrogen) atoms. The van der Waals surface area contributed by atoms with Crippen molar-refractivity contribution in [3.63, 3.8) is 0 Å². The largest absolute Gasteiger partial charge is 0.389 e. The van der Waals surface area contributed by atoms with Gasteiger partial charge in [-0.05, 0) is 33.6 Å². The van der Waals surface area contributed by atoms with Gasteiger partial charge in [0.25, 0.3) is 0 Å². The highest BCUT2D eigenvalue weighted by Gasteiger charge is 2.30. The molecule has 0 bridgehead atoms. The van der Waals surface area contributed by atoms with Crippen LogP contribution in [0.4, 0.5) is 0 Å². The third kappa shape index (κ3) is 5.08. The molecule has 1 amide bonds. The first-order valence-electron chi connectivity index (χ1n) is 6.63. The zero-order valence-corrected chi connectivity index (χ0v) is 12.7. The van der Waals surface area contributed by atoms with E-state index in [0.29, 0.717) is 25.9 Å². The molecule has 0 atom stereocenters. The van der Waals surface area contributed by atoms with E-state index in [9.17, 15) is 18.3 Å². The maximum absolute atomic E-state index is 11.9. The Bertz CT molecular complexity index is 406. The number of carbonyl (C=O) groups excluding carboxylic acids is 1. The van der Waals surface area contributed by atoms with Gasteiger partial charge in [0.2, 0.25) is 15.9 Å². The van der Waals surface area contributed by atoms with Crippen molar-refractivity contribution in [2.45, 2.75) is 39.2 Å². The number of nitrogens with zero attached hydrogens (tertiary/aromatic N) is 1. The maximum Gasteiger partial charge on any atom is 0.223 e. The van der Waals surface area contributed by atoms with Gasteiger partial charge in [-0.25, -0.2) is 12.7 Å². The summed E-state index contributed by atoms with van der Waals surface area (Å²) in [6, 6.07) is 0. The molecule has 7 heteroatoms. The summed E-state index contributed by atoms with van der Waals surface area (Å²) in [5.74, 6) is -0.163. The monoisotopic (exact) mass is 292 g/mol. The van der Waals surface area contributed by atoms with Crippen LogP contribution in [0.5, 0.6) is 0 Å². The number of carbonyl (C=O) groups is 1. The van der Waals surface area contributed by atoms with E-state index in [1.165, 1.54) is 4.31 Å². The molecule has 6 nitrogen and oxygen atoms in total. The smallest absolute Gasteiger partial charge is 0.223 e. The van der Waals surface area contributed by atoms with Crippen LogP contribution < -0.4 is 5.32 Å².